The van der Waals surface area contributed by atoms with Crippen LogP contribution in [0.3, 0.4) is 0 Å². The summed E-state index contributed by atoms with van der Waals surface area (Å²) in [6.07, 6.45) is 2.10. The molecule has 0 spiro atoms. The van der Waals surface area contributed by atoms with Crippen LogP contribution < -0.4 is 5.32 Å². The van der Waals surface area contributed by atoms with Crippen LogP contribution in [-0.2, 0) is 4.79 Å². The van der Waals surface area contributed by atoms with Gasteiger partial charge in [-0.05, 0) is 19.8 Å². The van der Waals surface area contributed by atoms with Crippen LogP contribution in [0.2, 0.25) is 0 Å². The molecule has 2 atom stereocenters. The van der Waals surface area contributed by atoms with E-state index in [2.05, 4.69) is 12.2 Å². The van der Waals surface area contributed by atoms with Gasteiger partial charge in [-0.25, -0.2) is 0 Å². The maximum absolute atomic E-state index is 11.4. The van der Waals surface area contributed by atoms with E-state index in [0.29, 0.717) is 6.04 Å². The molecule has 0 aliphatic carbocycles. The lowest BCUT2D eigenvalue weighted by Crippen LogP contribution is -2.41. The van der Waals surface area contributed by atoms with Crippen LogP contribution in [0, 0.1) is 0 Å². The summed E-state index contributed by atoms with van der Waals surface area (Å²) in [6, 6.07) is 0.573. The Morgan fingerprint density at radius 3 is 2.45 bits per heavy atom. The van der Waals surface area contributed by atoms with Crippen LogP contribution in [-0.4, -0.2) is 37.0 Å². The monoisotopic (exact) mass is 156 g/mol. The summed E-state index contributed by atoms with van der Waals surface area (Å²) in [4.78, 5) is 13.0. The SMILES string of the molecule is CC1CCC(C(=O)N(C)C)N1. The predicted octanol–water partition coefficient (Wildman–Crippen LogP) is 0.215. The molecule has 0 saturated carbocycles. The summed E-state index contributed by atoms with van der Waals surface area (Å²) in [5.74, 6) is 0.203. The molecule has 1 amide bonds. The third-order valence-electron chi connectivity index (χ3n) is 2.11. The number of likely N-dealkylation sites (N-methyl/N-ethyl adjacent to an activating group) is 1. The van der Waals surface area contributed by atoms with Crippen molar-refractivity contribution in [1.82, 2.24) is 10.2 Å². The van der Waals surface area contributed by atoms with Crippen LogP contribution in [0.4, 0.5) is 0 Å². The number of carbonyl (C=O) groups excluding carboxylic acids is 1. The predicted molar refractivity (Wildman–Crippen MR) is 44.3 cm³/mol. The largest absolute Gasteiger partial charge is 0.347 e. The second kappa shape index (κ2) is 3.22. The second-order valence-corrected chi connectivity index (χ2v) is 3.43. The average molecular weight is 156 g/mol. The highest BCUT2D eigenvalue weighted by Crippen LogP contribution is 2.12. The van der Waals surface area contributed by atoms with E-state index in [-0.39, 0.29) is 11.9 Å². The molecule has 0 aromatic heterocycles. The molecule has 1 aliphatic rings. The highest BCUT2D eigenvalue weighted by Gasteiger charge is 2.27. The summed E-state index contributed by atoms with van der Waals surface area (Å²) in [5, 5.41) is 3.24. The van der Waals surface area contributed by atoms with Gasteiger partial charge in [0.05, 0.1) is 6.04 Å². The molecule has 1 fully saturated rings. The Hall–Kier alpha value is -0.570. The van der Waals surface area contributed by atoms with E-state index in [1.54, 1.807) is 19.0 Å². The van der Waals surface area contributed by atoms with Crippen molar-refractivity contribution >= 4 is 5.91 Å². The van der Waals surface area contributed by atoms with Crippen molar-refractivity contribution in [1.29, 1.82) is 0 Å². The molecule has 0 aromatic rings. The van der Waals surface area contributed by atoms with Crippen molar-refractivity contribution < 1.29 is 4.79 Å². The van der Waals surface area contributed by atoms with Crippen molar-refractivity contribution in [3.8, 4) is 0 Å². The van der Waals surface area contributed by atoms with E-state index in [9.17, 15) is 4.79 Å². The molecule has 3 nitrogen and oxygen atoms in total. The van der Waals surface area contributed by atoms with Gasteiger partial charge in [-0.1, -0.05) is 0 Å². The molecule has 2 unspecified atom stereocenters. The molecule has 0 bridgehead atoms. The van der Waals surface area contributed by atoms with Gasteiger partial charge in [-0.3, -0.25) is 4.79 Å². The van der Waals surface area contributed by atoms with Gasteiger partial charge in [-0.2, -0.15) is 0 Å². The minimum absolute atomic E-state index is 0.0694. The summed E-state index contributed by atoms with van der Waals surface area (Å²) in [5.41, 5.74) is 0. The van der Waals surface area contributed by atoms with Gasteiger partial charge in [-0.15, -0.1) is 0 Å². The fourth-order valence-electron chi connectivity index (χ4n) is 1.43. The fraction of sp³-hybridized carbons (Fsp3) is 0.875. The van der Waals surface area contributed by atoms with Crippen molar-refractivity contribution in [3.63, 3.8) is 0 Å². The quantitative estimate of drug-likeness (QED) is 0.589. The summed E-state index contributed by atoms with van der Waals surface area (Å²) >= 11 is 0. The zero-order valence-corrected chi connectivity index (χ0v) is 7.42. The first kappa shape index (κ1) is 8.53. The summed E-state index contributed by atoms with van der Waals surface area (Å²) in [7, 11) is 3.60. The Bertz CT molecular complexity index is 156. The lowest BCUT2D eigenvalue weighted by Gasteiger charge is -2.16. The standard InChI is InChI=1S/C8H16N2O/c1-6-4-5-7(9-6)8(11)10(2)3/h6-7,9H,4-5H2,1-3H3. The van der Waals surface area contributed by atoms with E-state index in [0.717, 1.165) is 12.8 Å². The zero-order valence-electron chi connectivity index (χ0n) is 7.42. The van der Waals surface area contributed by atoms with Crippen LogP contribution in [0.5, 0.6) is 0 Å². The lowest BCUT2D eigenvalue weighted by atomic mass is 10.2. The Morgan fingerprint density at radius 1 is 1.45 bits per heavy atom. The van der Waals surface area contributed by atoms with Gasteiger partial charge in [0.1, 0.15) is 0 Å². The van der Waals surface area contributed by atoms with Gasteiger partial charge in [0, 0.05) is 20.1 Å². The van der Waals surface area contributed by atoms with E-state index in [1.165, 1.54) is 0 Å². The molecule has 1 rings (SSSR count). The van der Waals surface area contributed by atoms with E-state index >= 15 is 0 Å². The van der Waals surface area contributed by atoms with E-state index < -0.39 is 0 Å². The lowest BCUT2D eigenvalue weighted by molar-refractivity contribution is -0.130. The van der Waals surface area contributed by atoms with Gasteiger partial charge in [0.15, 0.2) is 0 Å². The average Bonchev–Trinajstić information content (AvgIpc) is 2.34. The van der Waals surface area contributed by atoms with Gasteiger partial charge in [0.25, 0.3) is 0 Å². The summed E-state index contributed by atoms with van der Waals surface area (Å²) < 4.78 is 0. The Labute approximate surface area is 67.8 Å². The molecule has 1 heterocycles. The minimum Gasteiger partial charge on any atom is -0.347 e. The Balaban J connectivity index is 2.43. The van der Waals surface area contributed by atoms with E-state index in [4.69, 9.17) is 0 Å². The smallest absolute Gasteiger partial charge is 0.239 e. The number of hydrogen-bond donors (Lipinski definition) is 1. The maximum Gasteiger partial charge on any atom is 0.239 e. The minimum atomic E-state index is 0.0694. The van der Waals surface area contributed by atoms with Gasteiger partial charge < -0.3 is 10.2 Å². The number of nitrogens with one attached hydrogen (secondary N) is 1. The highest BCUT2D eigenvalue weighted by molar-refractivity contribution is 5.81. The molecule has 0 radical (unpaired) electrons. The first-order valence-corrected chi connectivity index (χ1v) is 4.08. The molecular formula is C8H16N2O. The molecule has 64 valence electrons. The number of nitrogens with zero attached hydrogens (tertiary/aromatic N) is 1. The van der Waals surface area contributed by atoms with Gasteiger partial charge >= 0.3 is 0 Å². The number of carbonyl (C=O) groups is 1. The molecule has 1 aliphatic heterocycles. The summed E-state index contributed by atoms with van der Waals surface area (Å²) in [6.45, 7) is 2.11. The normalized spacial score (nSPS) is 30.5. The highest BCUT2D eigenvalue weighted by atomic mass is 16.2. The zero-order chi connectivity index (χ0) is 8.43. The van der Waals surface area contributed by atoms with Crippen LogP contribution in [0.1, 0.15) is 19.8 Å². The topological polar surface area (TPSA) is 32.3 Å². The van der Waals surface area contributed by atoms with Crippen LogP contribution in [0.25, 0.3) is 0 Å². The van der Waals surface area contributed by atoms with E-state index in [1.807, 2.05) is 0 Å². The molecule has 11 heavy (non-hydrogen) atoms. The fourth-order valence-corrected chi connectivity index (χ4v) is 1.43. The van der Waals surface area contributed by atoms with Crippen molar-refractivity contribution in [2.24, 2.45) is 0 Å². The van der Waals surface area contributed by atoms with Crippen molar-refractivity contribution in [2.75, 3.05) is 14.1 Å². The molecule has 3 heteroatoms. The van der Waals surface area contributed by atoms with Crippen molar-refractivity contribution in [2.45, 2.75) is 31.8 Å². The van der Waals surface area contributed by atoms with Crippen LogP contribution >= 0.6 is 0 Å². The third-order valence-corrected chi connectivity index (χ3v) is 2.11. The second-order valence-electron chi connectivity index (χ2n) is 3.43. The number of amides is 1. The van der Waals surface area contributed by atoms with Crippen LogP contribution in [0.15, 0.2) is 0 Å². The number of hydrogen-bond acceptors (Lipinski definition) is 2. The molecular weight excluding hydrogens is 140 g/mol. The van der Waals surface area contributed by atoms with Crippen molar-refractivity contribution in [3.05, 3.63) is 0 Å². The first-order chi connectivity index (χ1) is 5.11. The Morgan fingerprint density at radius 2 is 2.09 bits per heavy atom. The molecule has 1 N–H and O–H groups in total. The molecule has 1 saturated heterocycles. The Kier molecular flexibility index (Phi) is 2.49. The number of rotatable bonds is 1. The first-order valence-electron chi connectivity index (χ1n) is 4.08. The molecule has 0 aromatic carbocycles. The maximum atomic E-state index is 11.4. The van der Waals surface area contributed by atoms with Gasteiger partial charge in [0.2, 0.25) is 5.91 Å². The third kappa shape index (κ3) is 1.93.